The van der Waals surface area contributed by atoms with Crippen molar-refractivity contribution in [2.45, 2.75) is 13.8 Å². The highest BCUT2D eigenvalue weighted by Crippen LogP contribution is 2.12. The zero-order valence-electron chi connectivity index (χ0n) is 9.88. The van der Waals surface area contributed by atoms with Gasteiger partial charge in [-0.25, -0.2) is 0 Å². The summed E-state index contributed by atoms with van der Waals surface area (Å²) in [6.07, 6.45) is 3.15. The molecule has 0 aliphatic rings. The highest BCUT2D eigenvalue weighted by Gasteiger charge is 1.96. The Morgan fingerprint density at radius 3 is 2.56 bits per heavy atom. The molecule has 0 fully saturated rings. The maximum atomic E-state index is 7.03. The molecule has 0 heterocycles. The first-order valence-electron chi connectivity index (χ1n) is 5.29. The molecule has 2 heteroatoms. The molecule has 0 aliphatic heterocycles. The van der Waals surface area contributed by atoms with Crippen molar-refractivity contribution in [3.05, 3.63) is 53.7 Å². The van der Waals surface area contributed by atoms with Crippen LogP contribution in [0.15, 0.2) is 42.6 Å². The molecule has 2 nitrogen and oxygen atoms in total. The van der Waals surface area contributed by atoms with Gasteiger partial charge in [0.05, 0.1) is 0 Å². The Kier molecular flexibility index (Phi) is 4.52. The lowest BCUT2D eigenvalue weighted by molar-refractivity contribution is 0.991. The number of rotatable bonds is 5. The van der Waals surface area contributed by atoms with Gasteiger partial charge in [-0.3, -0.25) is 0 Å². The van der Waals surface area contributed by atoms with Crippen molar-refractivity contribution in [3.8, 4) is 0 Å². The Hall–Kier alpha value is -1.83. The summed E-state index contributed by atoms with van der Waals surface area (Å²) in [5.41, 5.74) is 4.36. The Balaban J connectivity index is 2.53. The van der Waals surface area contributed by atoms with E-state index in [0.29, 0.717) is 6.54 Å². The van der Waals surface area contributed by atoms with E-state index in [9.17, 15) is 0 Å². The lowest BCUT2D eigenvalue weighted by Crippen LogP contribution is -2.09. The number of nitrogens with one attached hydrogen (secondary N) is 2. The third-order valence-electron chi connectivity index (χ3n) is 2.33. The molecule has 1 rings (SSSR count). The fourth-order valence-electron chi connectivity index (χ4n) is 1.27. The van der Waals surface area contributed by atoms with Gasteiger partial charge in [-0.1, -0.05) is 36.4 Å². The summed E-state index contributed by atoms with van der Waals surface area (Å²) < 4.78 is 0. The molecule has 16 heavy (non-hydrogen) atoms. The summed E-state index contributed by atoms with van der Waals surface area (Å²) in [6.45, 7) is 8.69. The van der Waals surface area contributed by atoms with Gasteiger partial charge in [-0.05, 0) is 30.6 Å². The lowest BCUT2D eigenvalue weighted by Gasteiger charge is -2.06. The highest BCUT2D eigenvalue weighted by molar-refractivity contribution is 5.74. The zero-order valence-corrected chi connectivity index (χ0v) is 9.88. The van der Waals surface area contributed by atoms with Crippen LogP contribution in [0.3, 0.4) is 0 Å². The molecule has 0 spiro atoms. The van der Waals surface area contributed by atoms with Crippen molar-refractivity contribution in [1.29, 1.82) is 5.41 Å². The van der Waals surface area contributed by atoms with E-state index in [2.05, 4.69) is 43.1 Å². The number of allylic oxidation sites excluding steroid dienone is 1. The number of hydrogen-bond acceptors (Lipinski definition) is 2. The fourth-order valence-corrected chi connectivity index (χ4v) is 1.27. The quantitative estimate of drug-likeness (QED) is 0.726. The van der Waals surface area contributed by atoms with Crippen LogP contribution in [-0.4, -0.2) is 12.8 Å². The van der Waals surface area contributed by atoms with Gasteiger partial charge < -0.3 is 10.7 Å². The molecule has 0 saturated heterocycles. The average molecular weight is 214 g/mol. The molecule has 0 aliphatic carbocycles. The van der Waals surface area contributed by atoms with Crippen LogP contribution >= 0.6 is 0 Å². The van der Waals surface area contributed by atoms with Crippen molar-refractivity contribution >= 4 is 11.8 Å². The van der Waals surface area contributed by atoms with E-state index >= 15 is 0 Å². The van der Waals surface area contributed by atoms with E-state index in [-0.39, 0.29) is 0 Å². The van der Waals surface area contributed by atoms with Crippen molar-refractivity contribution < 1.29 is 0 Å². The number of hydrogen-bond donors (Lipinski definition) is 2. The Labute approximate surface area is 97.2 Å². The van der Waals surface area contributed by atoms with E-state index in [1.54, 1.807) is 0 Å². The van der Waals surface area contributed by atoms with Gasteiger partial charge in [-0.2, -0.15) is 0 Å². The molecule has 0 unspecified atom stereocenters. The van der Waals surface area contributed by atoms with Gasteiger partial charge in [0.15, 0.2) is 0 Å². The average Bonchev–Trinajstić information content (AvgIpc) is 2.29. The van der Waals surface area contributed by atoms with Crippen molar-refractivity contribution in [2.75, 3.05) is 6.54 Å². The second kappa shape index (κ2) is 5.91. The molecule has 0 amide bonds. The van der Waals surface area contributed by atoms with Crippen molar-refractivity contribution in [1.82, 2.24) is 5.32 Å². The Morgan fingerprint density at radius 1 is 1.38 bits per heavy atom. The molecule has 84 valence electrons. The van der Waals surface area contributed by atoms with Gasteiger partial charge >= 0.3 is 0 Å². The molecular weight excluding hydrogens is 196 g/mol. The monoisotopic (exact) mass is 214 g/mol. The van der Waals surface area contributed by atoms with Crippen LogP contribution in [0.4, 0.5) is 0 Å². The molecule has 0 bridgehead atoms. The van der Waals surface area contributed by atoms with Crippen LogP contribution in [0.1, 0.15) is 18.1 Å². The van der Waals surface area contributed by atoms with Crippen LogP contribution in [0.25, 0.3) is 5.57 Å². The number of aryl methyl sites for hydroxylation is 1. The van der Waals surface area contributed by atoms with E-state index in [0.717, 1.165) is 16.7 Å². The van der Waals surface area contributed by atoms with Crippen LogP contribution < -0.4 is 5.32 Å². The zero-order chi connectivity index (χ0) is 12.0. The van der Waals surface area contributed by atoms with Gasteiger partial charge in [0, 0.05) is 19.0 Å². The van der Waals surface area contributed by atoms with Crippen LogP contribution in [0.5, 0.6) is 0 Å². The predicted octanol–water partition coefficient (Wildman–Crippen LogP) is 3.15. The SMILES string of the molecule is C=C(CN/C=C(/C)C=N)c1ccc(C)cc1. The number of benzene rings is 1. The van der Waals surface area contributed by atoms with E-state index in [1.807, 2.05) is 13.1 Å². The summed E-state index contributed by atoms with van der Waals surface area (Å²) in [4.78, 5) is 0. The van der Waals surface area contributed by atoms with Gasteiger partial charge in [0.1, 0.15) is 0 Å². The molecule has 0 aromatic heterocycles. The first-order chi connectivity index (χ1) is 7.63. The lowest BCUT2D eigenvalue weighted by atomic mass is 10.1. The normalized spacial score (nSPS) is 11.0. The van der Waals surface area contributed by atoms with Gasteiger partial charge in [0.2, 0.25) is 0 Å². The predicted molar refractivity (Wildman–Crippen MR) is 70.8 cm³/mol. The second-order valence-corrected chi connectivity index (χ2v) is 3.88. The van der Waals surface area contributed by atoms with E-state index in [1.165, 1.54) is 11.8 Å². The van der Waals surface area contributed by atoms with Gasteiger partial charge in [-0.15, -0.1) is 0 Å². The second-order valence-electron chi connectivity index (χ2n) is 3.88. The first-order valence-corrected chi connectivity index (χ1v) is 5.29. The minimum atomic E-state index is 0.703. The minimum absolute atomic E-state index is 0.703. The van der Waals surface area contributed by atoms with Crippen LogP contribution in [-0.2, 0) is 0 Å². The maximum absolute atomic E-state index is 7.03. The minimum Gasteiger partial charge on any atom is -0.387 e. The van der Waals surface area contributed by atoms with E-state index < -0.39 is 0 Å². The summed E-state index contributed by atoms with van der Waals surface area (Å²) in [7, 11) is 0. The Bertz CT molecular complexity index is 399. The standard InChI is InChI=1S/C14H18N2/c1-11-4-6-14(7-5-11)13(3)10-16-9-12(2)8-15/h4-9,15-16H,3,10H2,1-2H3/b12-9-,15-8?. The summed E-state index contributed by atoms with van der Waals surface area (Å²) in [6, 6.07) is 8.32. The fraction of sp³-hybridized carbons (Fsp3) is 0.214. The highest BCUT2D eigenvalue weighted by atomic mass is 14.8. The maximum Gasteiger partial charge on any atom is 0.0395 e. The molecule has 0 atom stereocenters. The van der Waals surface area contributed by atoms with Crippen LogP contribution in [0, 0.1) is 12.3 Å². The summed E-state index contributed by atoms with van der Waals surface area (Å²) >= 11 is 0. The smallest absolute Gasteiger partial charge is 0.0395 e. The van der Waals surface area contributed by atoms with Gasteiger partial charge in [0.25, 0.3) is 0 Å². The molecule has 0 radical (unpaired) electrons. The van der Waals surface area contributed by atoms with Crippen LogP contribution in [0.2, 0.25) is 0 Å². The summed E-state index contributed by atoms with van der Waals surface area (Å²) in [5, 5.41) is 10.2. The topological polar surface area (TPSA) is 35.9 Å². The summed E-state index contributed by atoms with van der Waals surface area (Å²) in [5.74, 6) is 0. The molecule has 2 N–H and O–H groups in total. The Morgan fingerprint density at radius 2 is 2.00 bits per heavy atom. The van der Waals surface area contributed by atoms with Crippen molar-refractivity contribution in [2.24, 2.45) is 0 Å². The molecule has 1 aromatic rings. The first kappa shape index (κ1) is 12.2. The molecule has 0 saturated carbocycles. The van der Waals surface area contributed by atoms with Crippen molar-refractivity contribution in [3.63, 3.8) is 0 Å². The molecular formula is C14H18N2. The third-order valence-corrected chi connectivity index (χ3v) is 2.33. The van der Waals surface area contributed by atoms with E-state index in [4.69, 9.17) is 5.41 Å². The third kappa shape index (κ3) is 3.73. The largest absolute Gasteiger partial charge is 0.387 e. The molecule has 1 aromatic carbocycles.